The van der Waals surface area contributed by atoms with Gasteiger partial charge in [0.25, 0.3) is 0 Å². The third-order valence-electron chi connectivity index (χ3n) is 4.15. The fourth-order valence-electron chi connectivity index (χ4n) is 2.83. The van der Waals surface area contributed by atoms with E-state index in [1.165, 1.54) is 0 Å². The standard InChI is InChI=1S/C18H28N2O3/c1-17(2,3)23-16(21)20-13-10-18(22,11-14-20)9-6-8-15-7-4-5-12-19-15/h4-5,7,12,22H,6,8-11,13-14H2,1-3H3. The summed E-state index contributed by atoms with van der Waals surface area (Å²) in [6, 6.07) is 5.90. The van der Waals surface area contributed by atoms with Gasteiger partial charge < -0.3 is 14.7 Å². The number of pyridine rings is 1. The van der Waals surface area contributed by atoms with E-state index in [0.717, 1.165) is 25.0 Å². The normalized spacial score (nSPS) is 17.8. The van der Waals surface area contributed by atoms with Gasteiger partial charge in [0.05, 0.1) is 5.60 Å². The molecular weight excluding hydrogens is 292 g/mol. The van der Waals surface area contributed by atoms with E-state index >= 15 is 0 Å². The highest BCUT2D eigenvalue weighted by atomic mass is 16.6. The van der Waals surface area contributed by atoms with E-state index in [1.54, 1.807) is 11.1 Å². The Kier molecular flexibility index (Phi) is 5.63. The van der Waals surface area contributed by atoms with E-state index in [-0.39, 0.29) is 6.09 Å². The predicted molar refractivity (Wildman–Crippen MR) is 89.2 cm³/mol. The summed E-state index contributed by atoms with van der Waals surface area (Å²) in [7, 11) is 0. The summed E-state index contributed by atoms with van der Waals surface area (Å²) in [5, 5.41) is 10.7. The highest BCUT2D eigenvalue weighted by Crippen LogP contribution is 2.28. The summed E-state index contributed by atoms with van der Waals surface area (Å²) >= 11 is 0. The summed E-state index contributed by atoms with van der Waals surface area (Å²) < 4.78 is 5.38. The third kappa shape index (κ3) is 5.82. The molecule has 0 unspecified atom stereocenters. The van der Waals surface area contributed by atoms with Gasteiger partial charge in [0.2, 0.25) is 0 Å². The van der Waals surface area contributed by atoms with Gasteiger partial charge in [0.15, 0.2) is 0 Å². The number of aromatic nitrogens is 1. The number of hydrogen-bond acceptors (Lipinski definition) is 4. The second-order valence-corrected chi connectivity index (χ2v) is 7.37. The van der Waals surface area contributed by atoms with Crippen LogP contribution in [0.4, 0.5) is 4.79 Å². The average Bonchev–Trinajstić information content (AvgIpc) is 2.47. The number of rotatable bonds is 4. The maximum Gasteiger partial charge on any atom is 0.410 e. The molecule has 1 aromatic heterocycles. The van der Waals surface area contributed by atoms with Gasteiger partial charge in [-0.2, -0.15) is 0 Å². The summed E-state index contributed by atoms with van der Waals surface area (Å²) in [4.78, 5) is 18.0. The molecule has 5 nitrogen and oxygen atoms in total. The van der Waals surface area contributed by atoms with Crippen molar-refractivity contribution in [2.45, 2.75) is 64.1 Å². The van der Waals surface area contributed by atoms with Gasteiger partial charge in [0, 0.05) is 25.0 Å². The number of hydrogen-bond donors (Lipinski definition) is 1. The van der Waals surface area contributed by atoms with Crippen LogP contribution in [0.15, 0.2) is 24.4 Å². The van der Waals surface area contributed by atoms with Crippen molar-refractivity contribution >= 4 is 6.09 Å². The first-order chi connectivity index (χ1) is 10.8. The van der Waals surface area contributed by atoms with Crippen LogP contribution < -0.4 is 0 Å². The van der Waals surface area contributed by atoms with Crippen LogP contribution in [-0.2, 0) is 11.2 Å². The van der Waals surface area contributed by atoms with Gasteiger partial charge in [-0.25, -0.2) is 4.79 Å². The van der Waals surface area contributed by atoms with Crippen molar-refractivity contribution < 1.29 is 14.6 Å². The van der Waals surface area contributed by atoms with E-state index in [4.69, 9.17) is 4.74 Å². The molecule has 0 bridgehead atoms. The van der Waals surface area contributed by atoms with Crippen molar-refractivity contribution in [3.05, 3.63) is 30.1 Å². The Morgan fingerprint density at radius 1 is 1.35 bits per heavy atom. The molecule has 1 fully saturated rings. The molecule has 5 heteroatoms. The number of likely N-dealkylation sites (tertiary alicyclic amines) is 1. The average molecular weight is 320 g/mol. The number of piperidine rings is 1. The van der Waals surface area contributed by atoms with Crippen LogP contribution >= 0.6 is 0 Å². The van der Waals surface area contributed by atoms with E-state index in [2.05, 4.69) is 4.98 Å². The summed E-state index contributed by atoms with van der Waals surface area (Å²) in [5.74, 6) is 0. The van der Waals surface area contributed by atoms with Crippen LogP contribution in [0, 0.1) is 0 Å². The predicted octanol–water partition coefficient (Wildman–Crippen LogP) is 3.17. The number of amides is 1. The van der Waals surface area contributed by atoms with Crippen molar-refractivity contribution in [2.75, 3.05) is 13.1 Å². The molecule has 0 radical (unpaired) electrons. The van der Waals surface area contributed by atoms with E-state index < -0.39 is 11.2 Å². The van der Waals surface area contributed by atoms with Crippen LogP contribution in [0.2, 0.25) is 0 Å². The second kappa shape index (κ2) is 7.30. The molecule has 23 heavy (non-hydrogen) atoms. The molecule has 0 saturated carbocycles. The van der Waals surface area contributed by atoms with E-state index in [9.17, 15) is 9.90 Å². The molecule has 0 atom stereocenters. The first-order valence-electron chi connectivity index (χ1n) is 8.38. The molecule has 1 saturated heterocycles. The number of nitrogens with zero attached hydrogens (tertiary/aromatic N) is 2. The zero-order valence-corrected chi connectivity index (χ0v) is 14.4. The van der Waals surface area contributed by atoms with Gasteiger partial charge in [0.1, 0.15) is 5.60 Å². The lowest BCUT2D eigenvalue weighted by atomic mass is 9.86. The van der Waals surface area contributed by atoms with Crippen molar-refractivity contribution in [1.82, 2.24) is 9.88 Å². The molecular formula is C18H28N2O3. The third-order valence-corrected chi connectivity index (χ3v) is 4.15. The first kappa shape index (κ1) is 17.7. The molecule has 1 amide bonds. The monoisotopic (exact) mass is 320 g/mol. The van der Waals surface area contributed by atoms with E-state index in [0.29, 0.717) is 25.9 Å². The van der Waals surface area contributed by atoms with Crippen LogP contribution in [0.1, 0.15) is 52.1 Å². The number of aryl methyl sites for hydroxylation is 1. The first-order valence-corrected chi connectivity index (χ1v) is 8.38. The van der Waals surface area contributed by atoms with Crippen molar-refractivity contribution in [3.8, 4) is 0 Å². The molecule has 0 aromatic carbocycles. The molecule has 1 aliphatic heterocycles. The quantitative estimate of drug-likeness (QED) is 0.925. The second-order valence-electron chi connectivity index (χ2n) is 7.37. The zero-order chi connectivity index (χ0) is 16.9. The SMILES string of the molecule is CC(C)(C)OC(=O)N1CCC(O)(CCCc2ccccn2)CC1. The minimum Gasteiger partial charge on any atom is -0.444 e. The number of carbonyl (C=O) groups is 1. The van der Waals surface area contributed by atoms with Crippen molar-refractivity contribution in [1.29, 1.82) is 0 Å². The lowest BCUT2D eigenvalue weighted by Crippen LogP contribution is -2.48. The van der Waals surface area contributed by atoms with Gasteiger partial charge in [-0.05, 0) is 65.0 Å². The van der Waals surface area contributed by atoms with Crippen LogP contribution in [0.25, 0.3) is 0 Å². The Morgan fingerprint density at radius 3 is 2.61 bits per heavy atom. The molecule has 1 N–H and O–H groups in total. The molecule has 2 rings (SSSR count). The lowest BCUT2D eigenvalue weighted by Gasteiger charge is -2.38. The smallest absolute Gasteiger partial charge is 0.410 e. The summed E-state index contributed by atoms with van der Waals surface area (Å²) in [5.41, 5.74) is -0.0943. The van der Waals surface area contributed by atoms with Crippen LogP contribution in [-0.4, -0.2) is 45.4 Å². The molecule has 1 aromatic rings. The highest BCUT2D eigenvalue weighted by molar-refractivity contribution is 5.68. The minimum absolute atomic E-state index is 0.284. The van der Waals surface area contributed by atoms with Crippen molar-refractivity contribution in [3.63, 3.8) is 0 Å². The van der Waals surface area contributed by atoms with Gasteiger partial charge in [-0.3, -0.25) is 4.98 Å². The molecule has 1 aliphatic rings. The Morgan fingerprint density at radius 2 is 2.04 bits per heavy atom. The molecule has 0 aliphatic carbocycles. The summed E-state index contributed by atoms with van der Waals surface area (Å²) in [6.45, 7) is 6.69. The fourth-order valence-corrected chi connectivity index (χ4v) is 2.83. The van der Waals surface area contributed by atoms with Crippen molar-refractivity contribution in [2.24, 2.45) is 0 Å². The molecule has 128 valence electrons. The number of carbonyl (C=O) groups excluding carboxylic acids is 1. The van der Waals surface area contributed by atoms with Crippen LogP contribution in [0.5, 0.6) is 0 Å². The largest absolute Gasteiger partial charge is 0.444 e. The zero-order valence-electron chi connectivity index (χ0n) is 14.4. The minimum atomic E-state index is -0.673. The Hall–Kier alpha value is -1.62. The van der Waals surface area contributed by atoms with E-state index in [1.807, 2.05) is 39.0 Å². The summed E-state index contributed by atoms with van der Waals surface area (Å²) in [6.07, 6.45) is 5.24. The maximum atomic E-state index is 12.0. The van der Waals surface area contributed by atoms with Crippen LogP contribution in [0.3, 0.4) is 0 Å². The van der Waals surface area contributed by atoms with Gasteiger partial charge >= 0.3 is 6.09 Å². The maximum absolute atomic E-state index is 12.0. The Balaban J connectivity index is 1.75. The van der Waals surface area contributed by atoms with Gasteiger partial charge in [-0.1, -0.05) is 6.07 Å². The van der Waals surface area contributed by atoms with Gasteiger partial charge in [-0.15, -0.1) is 0 Å². The Bertz CT molecular complexity index is 503. The number of aliphatic hydroxyl groups is 1. The Labute approximate surface area is 138 Å². The lowest BCUT2D eigenvalue weighted by molar-refractivity contribution is -0.0374. The number of ether oxygens (including phenoxy) is 1. The highest BCUT2D eigenvalue weighted by Gasteiger charge is 2.34. The molecule has 2 heterocycles. The topological polar surface area (TPSA) is 62.7 Å². The fraction of sp³-hybridized carbons (Fsp3) is 0.667. The molecule has 0 spiro atoms.